The summed E-state index contributed by atoms with van der Waals surface area (Å²) in [6.07, 6.45) is 2.40. The summed E-state index contributed by atoms with van der Waals surface area (Å²) in [4.78, 5) is 0. The summed E-state index contributed by atoms with van der Waals surface area (Å²) in [5.41, 5.74) is 1.69. The molecule has 0 saturated carbocycles. The van der Waals surface area contributed by atoms with Gasteiger partial charge >= 0.3 is 0 Å². The summed E-state index contributed by atoms with van der Waals surface area (Å²) in [6.45, 7) is 12.4. The van der Waals surface area contributed by atoms with E-state index in [1.165, 1.54) is 12.0 Å². The third-order valence-electron chi connectivity index (χ3n) is 3.30. The standard InChI is InChI=1S/C17H28ClN/c1-6-19-16(10-13(2)12-17(3,4)5)14-8-7-9-15(18)11-14/h7-9,11,13,16,19H,6,10,12H2,1-5H3. The molecule has 0 heterocycles. The van der Waals surface area contributed by atoms with Crippen molar-refractivity contribution in [2.45, 2.75) is 53.5 Å². The van der Waals surface area contributed by atoms with Gasteiger partial charge in [-0.1, -0.05) is 58.4 Å². The third-order valence-corrected chi connectivity index (χ3v) is 3.54. The predicted molar refractivity (Wildman–Crippen MR) is 85.7 cm³/mol. The van der Waals surface area contributed by atoms with Gasteiger partial charge in [-0.05, 0) is 48.4 Å². The molecule has 2 heteroatoms. The van der Waals surface area contributed by atoms with E-state index in [-0.39, 0.29) is 0 Å². The van der Waals surface area contributed by atoms with Crippen molar-refractivity contribution in [3.8, 4) is 0 Å². The maximum Gasteiger partial charge on any atom is 0.0409 e. The van der Waals surface area contributed by atoms with Crippen LogP contribution < -0.4 is 5.32 Å². The Kier molecular flexibility index (Phi) is 6.35. The number of rotatable bonds is 6. The topological polar surface area (TPSA) is 12.0 Å². The summed E-state index contributed by atoms with van der Waals surface area (Å²) in [7, 11) is 0. The molecule has 108 valence electrons. The molecular weight excluding hydrogens is 254 g/mol. The van der Waals surface area contributed by atoms with E-state index in [0.29, 0.717) is 17.4 Å². The Bertz CT molecular complexity index is 381. The fraction of sp³-hybridized carbons (Fsp3) is 0.647. The molecule has 1 N–H and O–H groups in total. The molecule has 0 radical (unpaired) electrons. The van der Waals surface area contributed by atoms with Crippen LogP contribution in [0.4, 0.5) is 0 Å². The van der Waals surface area contributed by atoms with Crippen molar-refractivity contribution in [3.05, 3.63) is 34.9 Å². The second-order valence-corrected chi connectivity index (χ2v) is 7.21. The van der Waals surface area contributed by atoms with Gasteiger partial charge < -0.3 is 5.32 Å². The van der Waals surface area contributed by atoms with Gasteiger partial charge in [-0.15, -0.1) is 0 Å². The zero-order chi connectivity index (χ0) is 14.5. The highest BCUT2D eigenvalue weighted by Crippen LogP contribution is 2.31. The van der Waals surface area contributed by atoms with Crippen LogP contribution in [0.5, 0.6) is 0 Å². The first-order chi connectivity index (χ1) is 8.81. The van der Waals surface area contributed by atoms with E-state index in [1.54, 1.807) is 0 Å². The van der Waals surface area contributed by atoms with Crippen molar-refractivity contribution < 1.29 is 0 Å². The number of hydrogen-bond donors (Lipinski definition) is 1. The quantitative estimate of drug-likeness (QED) is 0.731. The minimum atomic E-state index is 0.393. The van der Waals surface area contributed by atoms with E-state index in [2.05, 4.69) is 52.1 Å². The Morgan fingerprint density at radius 1 is 1.26 bits per heavy atom. The molecule has 0 aliphatic heterocycles. The summed E-state index contributed by atoms with van der Waals surface area (Å²) in [5.74, 6) is 0.697. The molecule has 1 aromatic rings. The highest BCUT2D eigenvalue weighted by atomic mass is 35.5. The fourth-order valence-electron chi connectivity index (χ4n) is 2.84. The molecule has 1 aromatic carbocycles. The average Bonchev–Trinajstić information content (AvgIpc) is 2.26. The van der Waals surface area contributed by atoms with Crippen LogP contribution in [0.3, 0.4) is 0 Å². The molecule has 0 saturated heterocycles. The Hall–Kier alpha value is -0.530. The lowest BCUT2D eigenvalue weighted by Crippen LogP contribution is -2.24. The summed E-state index contributed by atoms with van der Waals surface area (Å²) >= 11 is 6.10. The molecule has 0 fully saturated rings. The SMILES string of the molecule is CCNC(CC(C)CC(C)(C)C)c1cccc(Cl)c1. The second kappa shape index (κ2) is 7.31. The Morgan fingerprint density at radius 3 is 2.47 bits per heavy atom. The van der Waals surface area contributed by atoms with Gasteiger partial charge in [0.1, 0.15) is 0 Å². The van der Waals surface area contributed by atoms with Gasteiger partial charge in [0.15, 0.2) is 0 Å². The monoisotopic (exact) mass is 281 g/mol. The van der Waals surface area contributed by atoms with Gasteiger partial charge in [0.05, 0.1) is 0 Å². The Balaban J connectivity index is 2.73. The van der Waals surface area contributed by atoms with Gasteiger partial charge in [-0.2, -0.15) is 0 Å². The van der Waals surface area contributed by atoms with Crippen LogP contribution in [0.25, 0.3) is 0 Å². The van der Waals surface area contributed by atoms with Crippen LogP contribution in [-0.2, 0) is 0 Å². The van der Waals surface area contributed by atoms with E-state index >= 15 is 0 Å². The summed E-state index contributed by atoms with van der Waals surface area (Å²) in [5, 5.41) is 4.41. The normalized spacial score (nSPS) is 15.3. The number of nitrogens with one attached hydrogen (secondary N) is 1. The van der Waals surface area contributed by atoms with E-state index in [1.807, 2.05) is 12.1 Å². The van der Waals surface area contributed by atoms with Gasteiger partial charge in [-0.3, -0.25) is 0 Å². The van der Waals surface area contributed by atoms with Crippen molar-refractivity contribution in [1.82, 2.24) is 5.32 Å². The highest BCUT2D eigenvalue weighted by molar-refractivity contribution is 6.30. The lowest BCUT2D eigenvalue weighted by molar-refractivity contribution is 0.276. The smallest absolute Gasteiger partial charge is 0.0409 e. The first-order valence-corrected chi connectivity index (χ1v) is 7.68. The zero-order valence-corrected chi connectivity index (χ0v) is 13.7. The molecule has 2 atom stereocenters. The summed E-state index contributed by atoms with van der Waals surface area (Å²) in [6, 6.07) is 8.63. The zero-order valence-electron chi connectivity index (χ0n) is 13.0. The number of halogens is 1. The Labute approximate surface area is 123 Å². The molecule has 0 aromatic heterocycles. The molecule has 1 nitrogen and oxygen atoms in total. The van der Waals surface area contributed by atoms with E-state index in [9.17, 15) is 0 Å². The minimum absolute atomic E-state index is 0.393. The fourth-order valence-corrected chi connectivity index (χ4v) is 3.04. The predicted octanol–water partition coefficient (Wildman–Crippen LogP) is 5.45. The second-order valence-electron chi connectivity index (χ2n) is 6.77. The van der Waals surface area contributed by atoms with Crippen LogP contribution in [0.2, 0.25) is 5.02 Å². The van der Waals surface area contributed by atoms with Gasteiger partial charge in [0, 0.05) is 11.1 Å². The lowest BCUT2D eigenvalue weighted by Gasteiger charge is -2.27. The van der Waals surface area contributed by atoms with Crippen molar-refractivity contribution >= 4 is 11.6 Å². The molecular formula is C17H28ClN. The minimum Gasteiger partial charge on any atom is -0.310 e. The van der Waals surface area contributed by atoms with Crippen LogP contribution in [-0.4, -0.2) is 6.54 Å². The van der Waals surface area contributed by atoms with E-state index < -0.39 is 0 Å². The maximum absolute atomic E-state index is 6.10. The highest BCUT2D eigenvalue weighted by Gasteiger charge is 2.19. The summed E-state index contributed by atoms with van der Waals surface area (Å²) < 4.78 is 0. The van der Waals surface area contributed by atoms with E-state index in [0.717, 1.165) is 18.0 Å². The number of benzene rings is 1. The van der Waals surface area contributed by atoms with Crippen LogP contribution in [0, 0.1) is 11.3 Å². The molecule has 1 rings (SSSR count). The van der Waals surface area contributed by atoms with E-state index in [4.69, 9.17) is 11.6 Å². The van der Waals surface area contributed by atoms with Crippen LogP contribution in [0.1, 0.15) is 59.1 Å². The molecule has 19 heavy (non-hydrogen) atoms. The van der Waals surface area contributed by atoms with Gasteiger partial charge in [0.2, 0.25) is 0 Å². The number of hydrogen-bond acceptors (Lipinski definition) is 1. The lowest BCUT2D eigenvalue weighted by atomic mass is 9.82. The molecule has 0 aliphatic carbocycles. The van der Waals surface area contributed by atoms with Crippen molar-refractivity contribution in [3.63, 3.8) is 0 Å². The van der Waals surface area contributed by atoms with Crippen molar-refractivity contribution in [2.75, 3.05) is 6.54 Å². The molecule has 0 spiro atoms. The van der Waals surface area contributed by atoms with Crippen molar-refractivity contribution in [1.29, 1.82) is 0 Å². The Morgan fingerprint density at radius 2 is 1.95 bits per heavy atom. The molecule has 0 amide bonds. The van der Waals surface area contributed by atoms with Gasteiger partial charge in [0.25, 0.3) is 0 Å². The van der Waals surface area contributed by atoms with Crippen LogP contribution >= 0.6 is 11.6 Å². The third kappa shape index (κ3) is 6.44. The maximum atomic E-state index is 6.10. The first-order valence-electron chi connectivity index (χ1n) is 7.30. The van der Waals surface area contributed by atoms with Crippen molar-refractivity contribution in [2.24, 2.45) is 11.3 Å². The van der Waals surface area contributed by atoms with Gasteiger partial charge in [-0.25, -0.2) is 0 Å². The molecule has 0 aliphatic rings. The van der Waals surface area contributed by atoms with Crippen LogP contribution in [0.15, 0.2) is 24.3 Å². The first kappa shape index (κ1) is 16.5. The molecule has 0 bridgehead atoms. The largest absolute Gasteiger partial charge is 0.310 e. The average molecular weight is 282 g/mol. The molecule has 2 unspecified atom stereocenters.